The topological polar surface area (TPSA) is 143 Å². The first-order valence-electron chi connectivity index (χ1n) is 12.0. The molecule has 0 radical (unpaired) electrons. The number of hydrogen-bond acceptors (Lipinski definition) is 6. The Hall–Kier alpha value is -4.52. The van der Waals surface area contributed by atoms with Crippen LogP contribution in [0.3, 0.4) is 0 Å². The summed E-state index contributed by atoms with van der Waals surface area (Å²) in [7, 11) is 0. The number of nitrogens with one attached hydrogen (secondary N) is 2. The van der Waals surface area contributed by atoms with E-state index in [0.29, 0.717) is 16.6 Å². The number of ether oxygens (including phenoxy) is 1. The number of halogens is 4. The minimum absolute atomic E-state index is 0.0194. The quantitative estimate of drug-likeness (QED) is 0.268. The second-order valence-electron chi connectivity index (χ2n) is 9.83. The highest BCUT2D eigenvalue weighted by atomic mass is 19.4. The molecule has 0 aliphatic carbocycles. The third kappa shape index (κ3) is 4.31. The number of alkyl halides is 3. The number of aryl methyl sites for hydroxylation is 1. The van der Waals surface area contributed by atoms with Crippen LogP contribution in [-0.2, 0) is 15.8 Å². The number of aromatic amines is 1. The van der Waals surface area contributed by atoms with Crippen LogP contribution in [0.15, 0.2) is 48.5 Å². The molecule has 1 unspecified atom stereocenters. The zero-order chi connectivity index (χ0) is 29.0. The molecule has 0 spiro atoms. The molecule has 0 fully saturated rings. The third-order valence-electron chi connectivity index (χ3n) is 7.15. The molecule has 1 aliphatic heterocycles. The number of amides is 2. The summed E-state index contributed by atoms with van der Waals surface area (Å²) in [4.78, 5) is 29.3. The molecule has 5 rings (SSSR count). The van der Waals surface area contributed by atoms with Crippen LogP contribution in [0.5, 0.6) is 5.75 Å². The fourth-order valence-corrected chi connectivity index (χ4v) is 4.54. The Kier molecular flexibility index (Phi) is 6.29. The summed E-state index contributed by atoms with van der Waals surface area (Å²) < 4.78 is 62.8. The van der Waals surface area contributed by atoms with E-state index in [2.05, 4.69) is 20.5 Å². The number of aliphatic hydroxyl groups is 1. The van der Waals surface area contributed by atoms with Crippen molar-refractivity contribution in [1.29, 1.82) is 0 Å². The van der Waals surface area contributed by atoms with E-state index in [9.17, 15) is 32.3 Å². The predicted molar refractivity (Wildman–Crippen MR) is 135 cm³/mol. The van der Waals surface area contributed by atoms with E-state index in [1.54, 1.807) is 13.0 Å². The summed E-state index contributed by atoms with van der Waals surface area (Å²) in [5.41, 5.74) is 0.681. The number of hydrogen-bond donors (Lipinski definition) is 4. The maximum Gasteiger partial charge on any atom is 0.424 e. The Morgan fingerprint density at radius 3 is 2.52 bits per heavy atom. The Labute approximate surface area is 224 Å². The fraction of sp³-hybridized carbons (Fsp3) is 0.259. The molecule has 40 heavy (non-hydrogen) atoms. The summed E-state index contributed by atoms with van der Waals surface area (Å²) in [6.45, 7) is 1.50. The van der Waals surface area contributed by atoms with Gasteiger partial charge in [0, 0.05) is 22.1 Å². The summed E-state index contributed by atoms with van der Waals surface area (Å²) >= 11 is 0. The zero-order valence-electron chi connectivity index (χ0n) is 21.2. The number of benzene rings is 2. The summed E-state index contributed by atoms with van der Waals surface area (Å²) in [6.07, 6.45) is -5.32. The van der Waals surface area contributed by atoms with Crippen molar-refractivity contribution in [3.63, 3.8) is 0 Å². The number of fused-ring (bicyclic) bond motifs is 2. The highest BCUT2D eigenvalue weighted by molar-refractivity contribution is 5.98. The van der Waals surface area contributed by atoms with E-state index >= 15 is 0 Å². The molecule has 2 aromatic carbocycles. The Bertz CT molecular complexity index is 1650. The average Bonchev–Trinajstić information content (AvgIpc) is 3.46. The average molecular weight is 558 g/mol. The molecule has 0 bridgehead atoms. The Morgan fingerprint density at radius 1 is 1.18 bits per heavy atom. The van der Waals surface area contributed by atoms with Gasteiger partial charge in [-0.1, -0.05) is 0 Å². The Balaban J connectivity index is 1.59. The number of carbonyl (C=O) groups excluding carboxylic acids is 2. The molecule has 2 atom stereocenters. The minimum atomic E-state index is -5.32. The van der Waals surface area contributed by atoms with Crippen molar-refractivity contribution in [2.75, 3.05) is 13.2 Å². The van der Waals surface area contributed by atoms with Gasteiger partial charge >= 0.3 is 6.18 Å². The van der Waals surface area contributed by atoms with Gasteiger partial charge in [0.05, 0.1) is 23.4 Å². The molecular weight excluding hydrogens is 534 g/mol. The van der Waals surface area contributed by atoms with Crippen LogP contribution >= 0.6 is 0 Å². The maximum atomic E-state index is 14.5. The van der Waals surface area contributed by atoms with Crippen LogP contribution in [0.2, 0.25) is 0 Å². The van der Waals surface area contributed by atoms with Crippen LogP contribution in [0.25, 0.3) is 22.2 Å². The van der Waals surface area contributed by atoms with Crippen molar-refractivity contribution >= 4 is 22.7 Å². The van der Waals surface area contributed by atoms with Crippen molar-refractivity contribution < 1.29 is 37.0 Å². The normalized spacial score (nSPS) is 18.2. The van der Waals surface area contributed by atoms with Crippen molar-refractivity contribution in [3.8, 4) is 17.0 Å². The van der Waals surface area contributed by atoms with Crippen molar-refractivity contribution in [3.05, 3.63) is 76.9 Å². The second kappa shape index (κ2) is 9.30. The molecule has 5 N–H and O–H groups in total. The SMILES string of the molecule is Cc1n[nH]c2ccc(C(=O)NCC(O)(c3cc4c(c(-c5ccc(F)cc5)n3)OC[C@]4(C)C(N)=O)C(F)(F)F)cc12. The van der Waals surface area contributed by atoms with E-state index < -0.39 is 47.1 Å². The zero-order valence-corrected chi connectivity index (χ0v) is 21.2. The van der Waals surface area contributed by atoms with Crippen LogP contribution in [0, 0.1) is 12.7 Å². The van der Waals surface area contributed by atoms with Crippen molar-refractivity contribution in [2.24, 2.45) is 5.73 Å². The number of carbonyl (C=O) groups is 2. The van der Waals surface area contributed by atoms with Gasteiger partial charge in [0.25, 0.3) is 5.91 Å². The molecule has 3 heterocycles. The molecule has 0 saturated carbocycles. The van der Waals surface area contributed by atoms with E-state index in [0.717, 1.165) is 18.2 Å². The fourth-order valence-electron chi connectivity index (χ4n) is 4.54. The van der Waals surface area contributed by atoms with Gasteiger partial charge < -0.3 is 20.9 Å². The first kappa shape index (κ1) is 27.1. The lowest BCUT2D eigenvalue weighted by Gasteiger charge is -2.31. The van der Waals surface area contributed by atoms with E-state index in [1.807, 2.05) is 0 Å². The lowest BCUT2D eigenvalue weighted by molar-refractivity contribution is -0.265. The van der Waals surface area contributed by atoms with E-state index in [-0.39, 0.29) is 34.7 Å². The largest absolute Gasteiger partial charge is 0.489 e. The monoisotopic (exact) mass is 557 g/mol. The number of H-pyrrole nitrogens is 1. The predicted octanol–water partition coefficient (Wildman–Crippen LogP) is 3.39. The molecule has 4 aromatic rings. The lowest BCUT2D eigenvalue weighted by atomic mass is 9.81. The lowest BCUT2D eigenvalue weighted by Crippen LogP contribution is -2.51. The van der Waals surface area contributed by atoms with Gasteiger partial charge in [0.15, 0.2) is 0 Å². The molecule has 0 saturated heterocycles. The van der Waals surface area contributed by atoms with Crippen molar-refractivity contribution in [1.82, 2.24) is 20.5 Å². The minimum Gasteiger partial charge on any atom is -0.489 e. The summed E-state index contributed by atoms with van der Waals surface area (Å²) in [5, 5.41) is 20.7. The smallest absolute Gasteiger partial charge is 0.424 e. The van der Waals surface area contributed by atoms with Crippen LogP contribution in [0.1, 0.15) is 34.2 Å². The molecule has 1 aliphatic rings. The summed E-state index contributed by atoms with van der Waals surface area (Å²) in [6, 6.07) is 10.0. The number of nitrogens with two attached hydrogens (primary N) is 1. The number of aromatic nitrogens is 3. The molecule has 9 nitrogen and oxygen atoms in total. The third-order valence-corrected chi connectivity index (χ3v) is 7.15. The molecule has 2 amide bonds. The standard InChI is InChI=1S/C27H23F4N5O4/c1-13-17-9-15(5-8-19(17)36-35-13)23(37)33-11-26(39,27(29,30)31)20-10-18-22(40-12-25(18,2)24(32)38)21(34-20)14-3-6-16(28)7-4-14/h3-10,39H,11-12H2,1-2H3,(H2,32,38)(H,33,37)(H,35,36)/t25-,26?/m0/s1. The van der Waals surface area contributed by atoms with Crippen LogP contribution in [0.4, 0.5) is 17.6 Å². The number of nitrogens with zero attached hydrogens (tertiary/aromatic N) is 2. The van der Waals surface area contributed by atoms with Gasteiger partial charge in [0.1, 0.15) is 29.3 Å². The van der Waals surface area contributed by atoms with Gasteiger partial charge in [-0.05, 0) is 62.4 Å². The first-order chi connectivity index (χ1) is 18.7. The second-order valence-corrected chi connectivity index (χ2v) is 9.83. The van der Waals surface area contributed by atoms with E-state index in [1.165, 1.54) is 31.2 Å². The molecular formula is C27H23F4N5O4. The number of pyridine rings is 1. The van der Waals surface area contributed by atoms with Crippen LogP contribution < -0.4 is 15.8 Å². The number of primary amides is 1. The van der Waals surface area contributed by atoms with Crippen LogP contribution in [-0.4, -0.2) is 51.4 Å². The highest BCUT2D eigenvalue weighted by Gasteiger charge is 2.57. The Morgan fingerprint density at radius 2 is 1.88 bits per heavy atom. The highest BCUT2D eigenvalue weighted by Crippen LogP contribution is 2.47. The van der Waals surface area contributed by atoms with E-state index in [4.69, 9.17) is 10.5 Å². The summed E-state index contributed by atoms with van der Waals surface area (Å²) in [5.74, 6) is -2.37. The number of rotatable bonds is 6. The molecule has 208 valence electrons. The van der Waals surface area contributed by atoms with Gasteiger partial charge in [-0.25, -0.2) is 9.37 Å². The van der Waals surface area contributed by atoms with Gasteiger partial charge in [-0.2, -0.15) is 18.3 Å². The molecule has 2 aromatic heterocycles. The van der Waals surface area contributed by atoms with Gasteiger partial charge in [0.2, 0.25) is 11.5 Å². The maximum absolute atomic E-state index is 14.5. The van der Waals surface area contributed by atoms with Crippen molar-refractivity contribution in [2.45, 2.75) is 31.0 Å². The first-order valence-corrected chi connectivity index (χ1v) is 12.0. The van der Waals surface area contributed by atoms with Gasteiger partial charge in [-0.3, -0.25) is 14.7 Å². The molecule has 13 heteroatoms. The van der Waals surface area contributed by atoms with Gasteiger partial charge in [-0.15, -0.1) is 0 Å².